The van der Waals surface area contributed by atoms with Gasteiger partial charge in [0.25, 0.3) is 0 Å². The molecule has 0 bridgehead atoms. The zero-order valence-corrected chi connectivity index (χ0v) is 6.67. The van der Waals surface area contributed by atoms with Crippen molar-refractivity contribution in [2.75, 3.05) is 6.61 Å². The maximum absolute atomic E-state index is 12.1. The van der Waals surface area contributed by atoms with Gasteiger partial charge in [0.05, 0.1) is 5.92 Å². The van der Waals surface area contributed by atoms with Crippen LogP contribution in [0.5, 0.6) is 0 Å². The number of carbonyl (C=O) groups is 1. The lowest BCUT2D eigenvalue weighted by molar-refractivity contribution is -0.236. The monoisotopic (exact) mass is 198 g/mol. The smallest absolute Gasteiger partial charge is 0.414 e. The van der Waals surface area contributed by atoms with Crippen LogP contribution in [0.25, 0.3) is 0 Å². The summed E-state index contributed by atoms with van der Waals surface area (Å²) in [5, 5.41) is 8.50. The first kappa shape index (κ1) is 10.3. The molecule has 0 aliphatic carbocycles. The van der Waals surface area contributed by atoms with Gasteiger partial charge in [-0.3, -0.25) is 4.79 Å². The Labute approximate surface area is 72.5 Å². The van der Waals surface area contributed by atoms with Crippen LogP contribution < -0.4 is 0 Å². The van der Waals surface area contributed by atoms with Crippen LogP contribution in [0.4, 0.5) is 13.2 Å². The summed E-state index contributed by atoms with van der Waals surface area (Å²) in [6.07, 6.45) is -6.68. The molecule has 1 N–H and O–H groups in total. The molecule has 1 heterocycles. The summed E-state index contributed by atoms with van der Waals surface area (Å²) in [6.45, 7) is -0.138. The zero-order valence-electron chi connectivity index (χ0n) is 6.67. The zero-order chi connectivity index (χ0) is 10.1. The molecule has 0 aromatic rings. The fourth-order valence-corrected chi connectivity index (χ4v) is 1.25. The molecule has 3 nitrogen and oxygen atoms in total. The number of rotatable bonds is 1. The Morgan fingerprint density at radius 3 is 2.54 bits per heavy atom. The van der Waals surface area contributed by atoms with E-state index < -0.39 is 30.6 Å². The minimum Gasteiger partial charge on any atom is -0.481 e. The fourth-order valence-electron chi connectivity index (χ4n) is 1.25. The largest absolute Gasteiger partial charge is 0.481 e. The van der Waals surface area contributed by atoms with Crippen LogP contribution in [0.15, 0.2) is 0 Å². The normalized spacial score (nSPS) is 30.1. The van der Waals surface area contributed by atoms with E-state index in [0.29, 0.717) is 0 Å². The van der Waals surface area contributed by atoms with E-state index in [-0.39, 0.29) is 13.0 Å². The van der Waals surface area contributed by atoms with Gasteiger partial charge in [0.1, 0.15) is 0 Å². The Morgan fingerprint density at radius 2 is 2.08 bits per heavy atom. The number of aliphatic carboxylic acids is 1. The molecule has 1 rings (SSSR count). The highest BCUT2D eigenvalue weighted by molar-refractivity contribution is 5.70. The lowest BCUT2D eigenvalue weighted by atomic mass is 9.95. The van der Waals surface area contributed by atoms with Crippen LogP contribution in [0, 0.1) is 5.92 Å². The molecule has 2 atom stereocenters. The van der Waals surface area contributed by atoms with Gasteiger partial charge in [0.15, 0.2) is 6.10 Å². The second kappa shape index (κ2) is 3.53. The Hall–Kier alpha value is -0.780. The molecule has 1 aliphatic heterocycles. The van der Waals surface area contributed by atoms with E-state index in [2.05, 4.69) is 4.74 Å². The van der Waals surface area contributed by atoms with Crippen LogP contribution in [0.3, 0.4) is 0 Å². The Bertz CT molecular complexity index is 202. The topological polar surface area (TPSA) is 46.5 Å². The molecule has 1 fully saturated rings. The molecule has 0 saturated carbocycles. The van der Waals surface area contributed by atoms with Crippen molar-refractivity contribution in [2.45, 2.75) is 25.1 Å². The Balaban J connectivity index is 2.57. The van der Waals surface area contributed by atoms with Crippen molar-refractivity contribution in [2.24, 2.45) is 5.92 Å². The van der Waals surface area contributed by atoms with Gasteiger partial charge in [-0.15, -0.1) is 0 Å². The van der Waals surface area contributed by atoms with E-state index in [9.17, 15) is 18.0 Å². The molecule has 0 amide bonds. The second-order valence-electron chi connectivity index (χ2n) is 2.96. The lowest BCUT2D eigenvalue weighted by Gasteiger charge is -2.28. The highest BCUT2D eigenvalue weighted by Crippen LogP contribution is 2.32. The van der Waals surface area contributed by atoms with Crippen molar-refractivity contribution in [1.82, 2.24) is 0 Å². The van der Waals surface area contributed by atoms with Crippen molar-refractivity contribution in [3.8, 4) is 0 Å². The van der Waals surface area contributed by atoms with Crippen LogP contribution in [0.1, 0.15) is 12.8 Å². The van der Waals surface area contributed by atoms with Crippen LogP contribution in [0.2, 0.25) is 0 Å². The molecular weight excluding hydrogens is 189 g/mol. The highest BCUT2D eigenvalue weighted by Gasteiger charge is 2.45. The van der Waals surface area contributed by atoms with E-state index in [4.69, 9.17) is 5.11 Å². The average molecular weight is 198 g/mol. The molecule has 6 heteroatoms. The third-order valence-corrected chi connectivity index (χ3v) is 2.00. The van der Waals surface area contributed by atoms with Gasteiger partial charge in [0.2, 0.25) is 0 Å². The Kier molecular flexibility index (Phi) is 2.80. The number of ether oxygens (including phenoxy) is 1. The molecule has 13 heavy (non-hydrogen) atoms. The molecule has 1 saturated heterocycles. The van der Waals surface area contributed by atoms with E-state index >= 15 is 0 Å². The first-order chi connectivity index (χ1) is 5.91. The van der Waals surface area contributed by atoms with Gasteiger partial charge in [-0.2, -0.15) is 13.2 Å². The lowest BCUT2D eigenvalue weighted by Crippen LogP contribution is -2.39. The highest BCUT2D eigenvalue weighted by atomic mass is 19.4. The van der Waals surface area contributed by atoms with Crippen LogP contribution in [-0.4, -0.2) is 30.0 Å². The van der Waals surface area contributed by atoms with Gasteiger partial charge in [-0.25, -0.2) is 0 Å². The molecule has 1 aliphatic rings. The summed E-state index contributed by atoms with van der Waals surface area (Å²) >= 11 is 0. The van der Waals surface area contributed by atoms with E-state index in [1.54, 1.807) is 0 Å². The number of carboxylic acid groups (broad SMARTS) is 1. The van der Waals surface area contributed by atoms with Crippen molar-refractivity contribution in [3.05, 3.63) is 0 Å². The summed E-state index contributed by atoms with van der Waals surface area (Å²) in [4.78, 5) is 10.4. The third-order valence-electron chi connectivity index (χ3n) is 2.00. The Morgan fingerprint density at radius 1 is 1.46 bits per heavy atom. The maximum atomic E-state index is 12.1. The predicted octanol–water partition coefficient (Wildman–Crippen LogP) is 1.43. The van der Waals surface area contributed by atoms with Gasteiger partial charge in [-0.1, -0.05) is 0 Å². The fraction of sp³-hybridized carbons (Fsp3) is 0.857. The number of hydrogen-bond donors (Lipinski definition) is 1. The van der Waals surface area contributed by atoms with Crippen molar-refractivity contribution in [1.29, 1.82) is 0 Å². The van der Waals surface area contributed by atoms with Crippen LogP contribution >= 0.6 is 0 Å². The van der Waals surface area contributed by atoms with Gasteiger partial charge >= 0.3 is 12.1 Å². The minimum atomic E-state index is -4.45. The molecular formula is C7H9F3O3. The first-order valence-corrected chi connectivity index (χ1v) is 3.82. The molecule has 76 valence electrons. The second-order valence-corrected chi connectivity index (χ2v) is 2.96. The SMILES string of the molecule is O=C(O)[C@H]1CCO[C@@H](C(F)(F)F)C1. The third kappa shape index (κ3) is 2.58. The van der Waals surface area contributed by atoms with Crippen molar-refractivity contribution in [3.63, 3.8) is 0 Å². The summed E-state index contributed by atoms with van der Waals surface area (Å²) < 4.78 is 40.6. The van der Waals surface area contributed by atoms with E-state index in [1.807, 2.05) is 0 Å². The van der Waals surface area contributed by atoms with Gasteiger partial charge < -0.3 is 9.84 Å². The number of alkyl halides is 3. The van der Waals surface area contributed by atoms with Gasteiger partial charge in [-0.05, 0) is 12.8 Å². The van der Waals surface area contributed by atoms with Crippen molar-refractivity contribution >= 4 is 5.97 Å². The first-order valence-electron chi connectivity index (χ1n) is 3.82. The molecule has 0 aromatic carbocycles. The van der Waals surface area contributed by atoms with E-state index in [1.165, 1.54) is 0 Å². The van der Waals surface area contributed by atoms with E-state index in [0.717, 1.165) is 0 Å². The quantitative estimate of drug-likeness (QED) is 0.693. The predicted molar refractivity (Wildman–Crippen MR) is 36.2 cm³/mol. The van der Waals surface area contributed by atoms with Crippen molar-refractivity contribution < 1.29 is 27.8 Å². The molecule has 0 unspecified atom stereocenters. The summed E-state index contributed by atoms with van der Waals surface area (Å²) in [5.41, 5.74) is 0. The standard InChI is InChI=1S/C7H9F3O3/c8-7(9,10)5-3-4(6(11)12)1-2-13-5/h4-5H,1-3H2,(H,11,12)/t4-,5+/m0/s1. The molecule has 0 radical (unpaired) electrons. The number of hydrogen-bond acceptors (Lipinski definition) is 2. The van der Waals surface area contributed by atoms with Crippen LogP contribution in [-0.2, 0) is 9.53 Å². The molecule has 0 aromatic heterocycles. The van der Waals surface area contributed by atoms with Gasteiger partial charge in [0, 0.05) is 6.61 Å². The maximum Gasteiger partial charge on any atom is 0.414 e. The summed E-state index contributed by atoms with van der Waals surface area (Å²) in [5.74, 6) is -2.11. The minimum absolute atomic E-state index is 0.138. The number of carboxylic acids is 1. The average Bonchev–Trinajstić information content (AvgIpc) is 2.03. The number of halogens is 3. The summed E-state index contributed by atoms with van der Waals surface area (Å²) in [6, 6.07) is 0. The molecule has 0 spiro atoms. The summed E-state index contributed by atoms with van der Waals surface area (Å²) in [7, 11) is 0.